The van der Waals surface area contributed by atoms with Crippen LogP contribution in [0.1, 0.15) is 0 Å². The minimum atomic E-state index is -6.00. The van der Waals surface area contributed by atoms with Crippen molar-refractivity contribution in [3.05, 3.63) is 97.1 Å². The normalized spacial score (nSPS) is 10.7. The van der Waals surface area contributed by atoms with Crippen LogP contribution in [0, 0.1) is 0 Å². The molecule has 2 N–H and O–H groups in total. The Bertz CT molecular complexity index is 708. The SMILES string of the molecule is COC[P+](c1ccccc1)(c1ccccc1)c1ccccc1.F[B-](F)(F)F.[NH2-].[Na+]. The van der Waals surface area contributed by atoms with Crippen molar-refractivity contribution in [2.24, 2.45) is 0 Å². The summed E-state index contributed by atoms with van der Waals surface area (Å²) in [5.74, 6) is 0. The van der Waals surface area contributed by atoms with Crippen molar-refractivity contribution < 1.29 is 51.6 Å². The fraction of sp³-hybridized carbons (Fsp3) is 0.100. The Kier molecular flexibility index (Phi) is 12.6. The zero-order valence-electron chi connectivity index (χ0n) is 16.4. The van der Waals surface area contributed by atoms with Crippen molar-refractivity contribution in [3.63, 3.8) is 0 Å². The van der Waals surface area contributed by atoms with E-state index in [1.54, 1.807) is 7.11 Å². The minimum Gasteiger partial charge on any atom is -0.693 e. The Balaban J connectivity index is 0.00000101. The number of benzene rings is 3. The fourth-order valence-electron chi connectivity index (χ4n) is 2.91. The van der Waals surface area contributed by atoms with Gasteiger partial charge >= 0.3 is 36.8 Å². The van der Waals surface area contributed by atoms with E-state index < -0.39 is 14.5 Å². The molecule has 9 heteroatoms. The van der Waals surface area contributed by atoms with E-state index in [1.165, 1.54) is 15.9 Å². The molecule has 3 rings (SSSR count). The smallest absolute Gasteiger partial charge is 0.693 e. The molecule has 0 aliphatic heterocycles. The summed E-state index contributed by atoms with van der Waals surface area (Å²) in [7, 11) is -5.98. The molecular weight excluding hydrogens is 411 g/mol. The molecule has 0 heterocycles. The van der Waals surface area contributed by atoms with E-state index in [0.717, 1.165) is 0 Å². The first-order valence-corrected chi connectivity index (χ1v) is 10.3. The summed E-state index contributed by atoms with van der Waals surface area (Å²) in [6.07, 6.45) is 0.713. The summed E-state index contributed by atoms with van der Waals surface area (Å²) in [5.41, 5.74) is 0. The number of methoxy groups -OCH3 is 1. The van der Waals surface area contributed by atoms with Gasteiger partial charge in [0.15, 0.2) is 6.35 Å². The molecule has 0 radical (unpaired) electrons. The summed E-state index contributed by atoms with van der Waals surface area (Å²) >= 11 is 0. The Hall–Kier alpha value is -1.21. The molecular formula is C20H22BF4NNaOP. The van der Waals surface area contributed by atoms with Gasteiger partial charge in [0.25, 0.3) is 0 Å². The second-order valence-electron chi connectivity index (χ2n) is 5.73. The molecule has 0 unspecified atom stereocenters. The van der Waals surface area contributed by atoms with Crippen LogP contribution in [-0.4, -0.2) is 20.7 Å². The number of hydrogen-bond acceptors (Lipinski definition) is 1. The van der Waals surface area contributed by atoms with Gasteiger partial charge in [-0.05, 0) is 36.4 Å². The summed E-state index contributed by atoms with van der Waals surface area (Å²) in [4.78, 5) is 0. The summed E-state index contributed by atoms with van der Waals surface area (Å²) < 4.78 is 44.7. The van der Waals surface area contributed by atoms with Gasteiger partial charge in [0.2, 0.25) is 0 Å². The van der Waals surface area contributed by atoms with Crippen LogP contribution in [0.2, 0.25) is 0 Å². The van der Waals surface area contributed by atoms with Crippen LogP contribution in [-0.2, 0) is 4.74 Å². The van der Waals surface area contributed by atoms with Crippen molar-refractivity contribution in [2.75, 3.05) is 13.5 Å². The molecule has 0 fully saturated rings. The number of hydrogen-bond donors (Lipinski definition) is 0. The first-order chi connectivity index (χ1) is 12.9. The van der Waals surface area contributed by atoms with Gasteiger partial charge in [-0.2, -0.15) is 0 Å². The van der Waals surface area contributed by atoms with Crippen LogP contribution < -0.4 is 45.5 Å². The number of ether oxygens (including phenoxy) is 1. The summed E-state index contributed by atoms with van der Waals surface area (Å²) in [6.45, 7) is 0. The maximum atomic E-state index is 9.75. The van der Waals surface area contributed by atoms with E-state index in [-0.39, 0.29) is 35.7 Å². The molecule has 3 aromatic rings. The van der Waals surface area contributed by atoms with Gasteiger partial charge in [-0.15, -0.1) is 0 Å². The van der Waals surface area contributed by atoms with Crippen molar-refractivity contribution in [1.82, 2.24) is 0 Å². The molecule has 0 bridgehead atoms. The van der Waals surface area contributed by atoms with Gasteiger partial charge < -0.3 is 28.2 Å². The van der Waals surface area contributed by atoms with Crippen LogP contribution in [0.3, 0.4) is 0 Å². The molecule has 0 spiro atoms. The van der Waals surface area contributed by atoms with Gasteiger partial charge in [0.1, 0.15) is 23.2 Å². The van der Waals surface area contributed by atoms with E-state index >= 15 is 0 Å². The van der Waals surface area contributed by atoms with E-state index in [1.807, 2.05) is 0 Å². The quantitative estimate of drug-likeness (QED) is 0.347. The summed E-state index contributed by atoms with van der Waals surface area (Å²) in [5, 5.41) is 4.07. The van der Waals surface area contributed by atoms with Crippen molar-refractivity contribution in [1.29, 1.82) is 0 Å². The topological polar surface area (TPSA) is 42.7 Å². The predicted molar refractivity (Wildman–Crippen MR) is 112 cm³/mol. The second-order valence-corrected chi connectivity index (χ2v) is 9.16. The van der Waals surface area contributed by atoms with E-state index in [2.05, 4.69) is 91.0 Å². The van der Waals surface area contributed by atoms with E-state index in [0.29, 0.717) is 6.35 Å². The van der Waals surface area contributed by atoms with Crippen molar-refractivity contribution in [2.45, 2.75) is 0 Å². The predicted octanol–water partition coefficient (Wildman–Crippen LogP) is 2.61. The molecule has 0 amide bonds. The zero-order valence-corrected chi connectivity index (χ0v) is 19.3. The maximum Gasteiger partial charge on any atom is 1.00 e. The van der Waals surface area contributed by atoms with Gasteiger partial charge in [-0.1, -0.05) is 54.6 Å². The van der Waals surface area contributed by atoms with Crippen molar-refractivity contribution >= 4 is 30.4 Å². The molecule has 150 valence electrons. The third kappa shape index (κ3) is 8.21. The molecule has 0 atom stereocenters. The maximum absolute atomic E-state index is 9.75. The minimum absolute atomic E-state index is 0. The third-order valence-electron chi connectivity index (χ3n) is 3.91. The standard InChI is InChI=1S/C20H20OP.BF4.H2N.Na/c1-21-17-22(18-11-5-2-6-12-18,19-13-7-3-8-14-19)20-15-9-4-10-16-20;2-1(3,4)5;;/h2-16H,17H2,1H3;;1H2;/q+1;2*-1;+1. The monoisotopic (exact) mass is 433 g/mol. The third-order valence-corrected chi connectivity index (χ3v) is 8.10. The van der Waals surface area contributed by atoms with E-state index in [9.17, 15) is 17.3 Å². The van der Waals surface area contributed by atoms with Gasteiger partial charge in [0.05, 0.1) is 0 Å². The molecule has 0 aliphatic carbocycles. The summed E-state index contributed by atoms with van der Waals surface area (Å²) in [6, 6.07) is 32.3. The molecule has 29 heavy (non-hydrogen) atoms. The Labute approximate surface area is 192 Å². The zero-order chi connectivity index (χ0) is 19.8. The van der Waals surface area contributed by atoms with Crippen LogP contribution in [0.25, 0.3) is 6.15 Å². The molecule has 0 saturated carbocycles. The van der Waals surface area contributed by atoms with Crippen LogP contribution in [0.5, 0.6) is 0 Å². The van der Waals surface area contributed by atoms with Crippen LogP contribution in [0.15, 0.2) is 91.0 Å². The Morgan fingerprint density at radius 2 is 0.897 bits per heavy atom. The molecule has 0 saturated heterocycles. The number of halogens is 4. The average Bonchev–Trinajstić information content (AvgIpc) is 2.67. The van der Waals surface area contributed by atoms with Gasteiger partial charge in [-0.3, -0.25) is 0 Å². The van der Waals surface area contributed by atoms with Crippen LogP contribution >= 0.6 is 7.26 Å². The fourth-order valence-corrected chi connectivity index (χ4v) is 6.68. The molecule has 3 aromatic carbocycles. The molecule has 0 aromatic heterocycles. The molecule has 2 nitrogen and oxygen atoms in total. The van der Waals surface area contributed by atoms with Crippen molar-refractivity contribution in [3.8, 4) is 0 Å². The Morgan fingerprint density at radius 1 is 0.655 bits per heavy atom. The first kappa shape index (κ1) is 27.8. The van der Waals surface area contributed by atoms with Gasteiger partial charge in [0, 0.05) is 7.11 Å². The number of rotatable bonds is 5. The van der Waals surface area contributed by atoms with Crippen LogP contribution in [0.4, 0.5) is 17.3 Å². The van der Waals surface area contributed by atoms with Gasteiger partial charge in [-0.25, -0.2) is 0 Å². The second kappa shape index (κ2) is 13.2. The molecule has 0 aliphatic rings. The first-order valence-electron chi connectivity index (χ1n) is 8.29. The average molecular weight is 433 g/mol. The largest absolute Gasteiger partial charge is 1.00 e. The van der Waals surface area contributed by atoms with E-state index in [4.69, 9.17) is 4.74 Å². The number of nitrogens with two attached hydrogens (primary N) is 1. The Morgan fingerprint density at radius 3 is 1.10 bits per heavy atom.